The van der Waals surface area contributed by atoms with Crippen LogP contribution in [0.3, 0.4) is 0 Å². The van der Waals surface area contributed by atoms with Crippen LogP contribution < -0.4 is 10.0 Å². The Bertz CT molecular complexity index is 682. The second kappa shape index (κ2) is 5.91. The van der Waals surface area contributed by atoms with Gasteiger partial charge in [-0.15, -0.1) is 0 Å². The summed E-state index contributed by atoms with van der Waals surface area (Å²) >= 11 is 0. The van der Waals surface area contributed by atoms with Gasteiger partial charge in [0, 0.05) is 24.9 Å². The molecule has 2 aromatic heterocycles. The van der Waals surface area contributed by atoms with Gasteiger partial charge in [0.1, 0.15) is 11.6 Å². The molecule has 0 bridgehead atoms. The third-order valence-corrected chi connectivity index (χ3v) is 3.82. The van der Waals surface area contributed by atoms with E-state index in [9.17, 15) is 8.42 Å². The maximum absolute atomic E-state index is 12.2. The van der Waals surface area contributed by atoms with Crippen LogP contribution in [0.25, 0.3) is 0 Å². The average molecular weight is 296 g/mol. The standard InChI is InChI=1S/C12H16N4O3S/c1-3-5-13-11-8-10(4-6-14-11)20(17,18)16-12-7-9(2)19-15-12/h4,6-8H,3,5H2,1-2H3,(H,13,14)(H,15,16). The van der Waals surface area contributed by atoms with Gasteiger partial charge in [-0.25, -0.2) is 13.4 Å². The van der Waals surface area contributed by atoms with Crippen molar-refractivity contribution in [1.82, 2.24) is 10.1 Å². The van der Waals surface area contributed by atoms with Crippen LogP contribution in [0.2, 0.25) is 0 Å². The van der Waals surface area contributed by atoms with Gasteiger partial charge in [-0.1, -0.05) is 12.1 Å². The fourth-order valence-electron chi connectivity index (χ4n) is 1.54. The van der Waals surface area contributed by atoms with Crippen LogP contribution in [0.1, 0.15) is 19.1 Å². The van der Waals surface area contributed by atoms with E-state index in [1.165, 1.54) is 24.4 Å². The maximum Gasteiger partial charge on any atom is 0.263 e. The molecular formula is C12H16N4O3S. The molecule has 0 saturated heterocycles. The highest BCUT2D eigenvalue weighted by Crippen LogP contribution is 2.17. The summed E-state index contributed by atoms with van der Waals surface area (Å²) in [5.41, 5.74) is 0. The lowest BCUT2D eigenvalue weighted by atomic mass is 10.4. The topological polar surface area (TPSA) is 97.1 Å². The molecule has 0 aromatic carbocycles. The number of aromatic nitrogens is 2. The van der Waals surface area contributed by atoms with E-state index in [1.54, 1.807) is 6.92 Å². The van der Waals surface area contributed by atoms with E-state index in [2.05, 4.69) is 20.2 Å². The van der Waals surface area contributed by atoms with Crippen molar-refractivity contribution in [2.45, 2.75) is 25.2 Å². The quantitative estimate of drug-likeness (QED) is 0.846. The van der Waals surface area contributed by atoms with Gasteiger partial charge in [-0.3, -0.25) is 4.72 Å². The van der Waals surface area contributed by atoms with Crippen molar-refractivity contribution in [2.24, 2.45) is 0 Å². The van der Waals surface area contributed by atoms with Crippen LogP contribution in [0.15, 0.2) is 33.8 Å². The molecule has 0 fully saturated rings. The molecule has 2 rings (SSSR count). The van der Waals surface area contributed by atoms with Gasteiger partial charge < -0.3 is 9.84 Å². The van der Waals surface area contributed by atoms with E-state index in [-0.39, 0.29) is 10.7 Å². The fourth-order valence-corrected chi connectivity index (χ4v) is 2.54. The molecule has 2 heterocycles. The molecule has 0 aliphatic carbocycles. The number of hydrogen-bond donors (Lipinski definition) is 2. The third-order valence-electron chi connectivity index (χ3n) is 2.46. The number of aryl methyl sites for hydroxylation is 1. The van der Waals surface area contributed by atoms with Gasteiger partial charge in [0.2, 0.25) is 0 Å². The second-order valence-electron chi connectivity index (χ2n) is 4.23. The lowest BCUT2D eigenvalue weighted by Gasteiger charge is -2.07. The molecule has 0 amide bonds. The Balaban J connectivity index is 2.20. The Morgan fingerprint density at radius 1 is 1.30 bits per heavy atom. The van der Waals surface area contributed by atoms with Crippen molar-refractivity contribution in [3.05, 3.63) is 30.2 Å². The molecule has 2 N–H and O–H groups in total. The summed E-state index contributed by atoms with van der Waals surface area (Å²) in [6, 6.07) is 4.41. The monoisotopic (exact) mass is 296 g/mol. The van der Waals surface area contributed by atoms with Crippen LogP contribution in [-0.2, 0) is 10.0 Å². The van der Waals surface area contributed by atoms with E-state index >= 15 is 0 Å². The summed E-state index contributed by atoms with van der Waals surface area (Å²) in [7, 11) is -3.70. The molecule has 7 nitrogen and oxygen atoms in total. The maximum atomic E-state index is 12.2. The molecule has 20 heavy (non-hydrogen) atoms. The van der Waals surface area contributed by atoms with Crippen molar-refractivity contribution in [2.75, 3.05) is 16.6 Å². The second-order valence-corrected chi connectivity index (χ2v) is 5.91. The zero-order valence-corrected chi connectivity index (χ0v) is 12.1. The largest absolute Gasteiger partial charge is 0.370 e. The first-order valence-electron chi connectivity index (χ1n) is 6.17. The summed E-state index contributed by atoms with van der Waals surface area (Å²) in [6.45, 7) is 4.43. The minimum absolute atomic E-state index is 0.117. The Morgan fingerprint density at radius 3 is 2.75 bits per heavy atom. The smallest absolute Gasteiger partial charge is 0.263 e. The molecule has 0 spiro atoms. The van der Waals surface area contributed by atoms with Crippen molar-refractivity contribution >= 4 is 21.7 Å². The van der Waals surface area contributed by atoms with Gasteiger partial charge in [0.25, 0.3) is 10.0 Å². The Hall–Kier alpha value is -2.09. The van der Waals surface area contributed by atoms with Crippen molar-refractivity contribution < 1.29 is 12.9 Å². The summed E-state index contributed by atoms with van der Waals surface area (Å²) in [5, 5.41) is 6.64. The number of anilines is 2. The zero-order chi connectivity index (χ0) is 14.6. The number of nitrogens with zero attached hydrogens (tertiary/aromatic N) is 2. The number of hydrogen-bond acceptors (Lipinski definition) is 6. The number of pyridine rings is 1. The van der Waals surface area contributed by atoms with Gasteiger partial charge in [0.05, 0.1) is 4.90 Å². The Morgan fingerprint density at radius 2 is 2.10 bits per heavy atom. The summed E-state index contributed by atoms with van der Waals surface area (Å²) in [4.78, 5) is 4.18. The van der Waals surface area contributed by atoms with Crippen LogP contribution in [0.5, 0.6) is 0 Å². The molecule has 0 unspecified atom stereocenters. The average Bonchev–Trinajstić information content (AvgIpc) is 2.81. The van der Waals surface area contributed by atoms with E-state index in [0.717, 1.165) is 13.0 Å². The van der Waals surface area contributed by atoms with Crippen LogP contribution in [0.4, 0.5) is 11.6 Å². The molecule has 108 valence electrons. The Labute approximate surface area is 117 Å². The molecule has 0 radical (unpaired) electrons. The molecular weight excluding hydrogens is 280 g/mol. The molecule has 0 aliphatic heterocycles. The highest BCUT2D eigenvalue weighted by Gasteiger charge is 2.16. The van der Waals surface area contributed by atoms with Gasteiger partial charge in [-0.05, 0) is 19.4 Å². The van der Waals surface area contributed by atoms with Crippen LogP contribution in [-0.4, -0.2) is 25.1 Å². The van der Waals surface area contributed by atoms with Crippen molar-refractivity contribution in [3.63, 3.8) is 0 Å². The normalized spacial score (nSPS) is 11.3. The van der Waals surface area contributed by atoms with Gasteiger partial charge >= 0.3 is 0 Å². The third kappa shape index (κ3) is 3.47. The van der Waals surface area contributed by atoms with Gasteiger partial charge in [-0.2, -0.15) is 0 Å². The van der Waals surface area contributed by atoms with E-state index < -0.39 is 10.0 Å². The zero-order valence-electron chi connectivity index (χ0n) is 11.3. The first-order chi connectivity index (χ1) is 9.51. The molecule has 2 aromatic rings. The van der Waals surface area contributed by atoms with Crippen LogP contribution >= 0.6 is 0 Å². The molecule has 8 heteroatoms. The van der Waals surface area contributed by atoms with E-state index in [0.29, 0.717) is 11.6 Å². The molecule has 0 aliphatic rings. The van der Waals surface area contributed by atoms with Crippen molar-refractivity contribution in [1.29, 1.82) is 0 Å². The van der Waals surface area contributed by atoms with E-state index in [1.807, 2.05) is 6.92 Å². The Kier molecular flexibility index (Phi) is 4.23. The predicted molar refractivity (Wildman–Crippen MR) is 75.1 cm³/mol. The van der Waals surface area contributed by atoms with Gasteiger partial charge in [0.15, 0.2) is 5.82 Å². The van der Waals surface area contributed by atoms with Crippen molar-refractivity contribution in [3.8, 4) is 0 Å². The summed E-state index contributed by atoms with van der Waals surface area (Å²) in [6.07, 6.45) is 2.37. The predicted octanol–water partition coefficient (Wildman–Crippen LogP) is 2.00. The summed E-state index contributed by atoms with van der Waals surface area (Å²) in [5.74, 6) is 1.20. The molecule has 0 atom stereocenters. The number of sulfonamides is 1. The highest BCUT2D eigenvalue weighted by atomic mass is 32.2. The SMILES string of the molecule is CCCNc1cc(S(=O)(=O)Nc2cc(C)on2)ccn1. The lowest BCUT2D eigenvalue weighted by molar-refractivity contribution is 0.400. The first-order valence-corrected chi connectivity index (χ1v) is 7.65. The lowest BCUT2D eigenvalue weighted by Crippen LogP contribution is -2.14. The first kappa shape index (κ1) is 14.3. The van der Waals surface area contributed by atoms with Crippen LogP contribution in [0, 0.1) is 6.92 Å². The minimum Gasteiger partial charge on any atom is -0.370 e. The summed E-state index contributed by atoms with van der Waals surface area (Å²) < 4.78 is 31.5. The molecule has 0 saturated carbocycles. The number of nitrogens with one attached hydrogen (secondary N) is 2. The minimum atomic E-state index is -3.70. The number of rotatable bonds is 6. The highest BCUT2D eigenvalue weighted by molar-refractivity contribution is 7.92. The fraction of sp³-hybridized carbons (Fsp3) is 0.333. The van der Waals surface area contributed by atoms with E-state index in [4.69, 9.17) is 4.52 Å².